The Labute approximate surface area is 130 Å². The molecule has 2 N–H and O–H groups in total. The highest BCUT2D eigenvalue weighted by molar-refractivity contribution is 9.10. The molecule has 0 aliphatic carbocycles. The Morgan fingerprint density at radius 1 is 1.29 bits per heavy atom. The maximum Gasteiger partial charge on any atom is 0.326 e. The summed E-state index contributed by atoms with van der Waals surface area (Å²) in [5.41, 5.74) is 0.446. The normalized spacial score (nSPS) is 17.6. The molecule has 1 aromatic carbocycles. The van der Waals surface area contributed by atoms with E-state index in [0.717, 1.165) is 4.47 Å². The van der Waals surface area contributed by atoms with Crippen LogP contribution >= 0.6 is 15.9 Å². The Morgan fingerprint density at radius 3 is 2.57 bits per heavy atom. The van der Waals surface area contributed by atoms with Crippen LogP contribution in [0.4, 0.5) is 0 Å². The minimum atomic E-state index is -1.000. The Kier molecular flexibility index (Phi) is 4.95. The predicted molar refractivity (Wildman–Crippen MR) is 78.8 cm³/mol. The molecule has 0 radical (unpaired) electrons. The lowest BCUT2D eigenvalue weighted by Crippen LogP contribution is -2.45. The number of carbonyl (C=O) groups is 3. The van der Waals surface area contributed by atoms with E-state index in [2.05, 4.69) is 21.2 Å². The van der Waals surface area contributed by atoms with E-state index in [0.29, 0.717) is 24.9 Å². The number of nitrogens with zero attached hydrogens (tertiary/aromatic N) is 1. The Hall–Kier alpha value is -1.89. The highest BCUT2D eigenvalue weighted by atomic mass is 79.9. The molecular weight excluding hydrogens is 340 g/mol. The average molecular weight is 355 g/mol. The van der Waals surface area contributed by atoms with Gasteiger partial charge in [0, 0.05) is 16.6 Å². The van der Waals surface area contributed by atoms with Crippen LogP contribution in [-0.4, -0.2) is 46.9 Å². The van der Waals surface area contributed by atoms with Crippen molar-refractivity contribution in [3.8, 4) is 0 Å². The summed E-state index contributed by atoms with van der Waals surface area (Å²) in [5, 5.41) is 11.5. The lowest BCUT2D eigenvalue weighted by Gasteiger charge is -2.21. The SMILES string of the molecule is O=C(NCC(=O)N1CCC[C@@H]1C(=O)O)c1ccc(Br)cc1. The largest absolute Gasteiger partial charge is 0.480 e. The lowest BCUT2D eigenvalue weighted by molar-refractivity contribution is -0.147. The first-order chi connectivity index (χ1) is 9.99. The van der Waals surface area contributed by atoms with Crippen LogP contribution in [0.25, 0.3) is 0 Å². The third kappa shape index (κ3) is 3.81. The maximum absolute atomic E-state index is 12.0. The number of rotatable bonds is 4. The second-order valence-electron chi connectivity index (χ2n) is 4.77. The summed E-state index contributed by atoms with van der Waals surface area (Å²) in [7, 11) is 0. The molecule has 0 saturated carbocycles. The average Bonchev–Trinajstić information content (AvgIpc) is 2.95. The van der Waals surface area contributed by atoms with Crippen LogP contribution in [0.3, 0.4) is 0 Å². The number of nitrogens with one attached hydrogen (secondary N) is 1. The predicted octanol–water partition coefficient (Wildman–Crippen LogP) is 1.25. The number of hydrogen-bond acceptors (Lipinski definition) is 3. The number of benzene rings is 1. The first-order valence-corrected chi connectivity index (χ1v) is 7.34. The van der Waals surface area contributed by atoms with Gasteiger partial charge in [0.15, 0.2) is 0 Å². The van der Waals surface area contributed by atoms with E-state index in [1.165, 1.54) is 4.90 Å². The summed E-state index contributed by atoms with van der Waals surface area (Å²) in [4.78, 5) is 36.2. The number of carbonyl (C=O) groups excluding carboxylic acids is 2. The summed E-state index contributed by atoms with van der Waals surface area (Å²) in [6.07, 6.45) is 1.13. The van der Waals surface area contributed by atoms with Gasteiger partial charge < -0.3 is 15.3 Å². The van der Waals surface area contributed by atoms with Crippen molar-refractivity contribution < 1.29 is 19.5 Å². The van der Waals surface area contributed by atoms with Crippen molar-refractivity contribution in [2.45, 2.75) is 18.9 Å². The van der Waals surface area contributed by atoms with Crippen LogP contribution in [0, 0.1) is 0 Å². The molecule has 1 heterocycles. The molecule has 0 spiro atoms. The molecule has 1 aliphatic heterocycles. The summed E-state index contributed by atoms with van der Waals surface area (Å²) in [6, 6.07) is 5.97. The molecule has 1 fully saturated rings. The molecule has 0 aromatic heterocycles. The molecule has 6 nitrogen and oxygen atoms in total. The van der Waals surface area contributed by atoms with Crippen LogP contribution in [0.15, 0.2) is 28.7 Å². The van der Waals surface area contributed by atoms with Crippen molar-refractivity contribution in [2.75, 3.05) is 13.1 Å². The fraction of sp³-hybridized carbons (Fsp3) is 0.357. The van der Waals surface area contributed by atoms with Crippen LogP contribution < -0.4 is 5.32 Å². The molecule has 0 bridgehead atoms. The van der Waals surface area contributed by atoms with E-state index in [9.17, 15) is 14.4 Å². The maximum atomic E-state index is 12.0. The van der Waals surface area contributed by atoms with Crippen molar-refractivity contribution in [3.63, 3.8) is 0 Å². The number of aliphatic carboxylic acids is 1. The summed E-state index contributed by atoms with van der Waals surface area (Å²) in [6.45, 7) is 0.225. The molecule has 1 atom stereocenters. The molecular formula is C14H15BrN2O4. The Balaban J connectivity index is 1.90. The monoisotopic (exact) mass is 354 g/mol. The Bertz CT molecular complexity index is 559. The van der Waals surface area contributed by atoms with Crippen LogP contribution in [-0.2, 0) is 9.59 Å². The summed E-state index contributed by atoms with van der Waals surface area (Å²) < 4.78 is 0.858. The van der Waals surface area contributed by atoms with Crippen molar-refractivity contribution in [3.05, 3.63) is 34.3 Å². The van der Waals surface area contributed by atoms with Gasteiger partial charge in [-0.05, 0) is 37.1 Å². The lowest BCUT2D eigenvalue weighted by atomic mass is 10.2. The molecule has 1 saturated heterocycles. The third-order valence-corrected chi connectivity index (χ3v) is 3.89. The first-order valence-electron chi connectivity index (χ1n) is 6.55. The zero-order valence-electron chi connectivity index (χ0n) is 11.2. The van der Waals surface area contributed by atoms with Crippen molar-refractivity contribution >= 4 is 33.7 Å². The fourth-order valence-corrected chi connectivity index (χ4v) is 2.55. The van der Waals surface area contributed by atoms with Gasteiger partial charge in [0.1, 0.15) is 6.04 Å². The van der Waals surface area contributed by atoms with E-state index in [1.807, 2.05) is 0 Å². The number of hydrogen-bond donors (Lipinski definition) is 2. The van der Waals surface area contributed by atoms with E-state index in [-0.39, 0.29) is 18.4 Å². The minimum absolute atomic E-state index is 0.196. The zero-order valence-corrected chi connectivity index (χ0v) is 12.8. The van der Waals surface area contributed by atoms with E-state index in [4.69, 9.17) is 5.11 Å². The van der Waals surface area contributed by atoms with Crippen molar-refractivity contribution in [1.29, 1.82) is 0 Å². The molecule has 2 rings (SSSR count). The van der Waals surface area contributed by atoms with Gasteiger partial charge in [-0.1, -0.05) is 15.9 Å². The second-order valence-corrected chi connectivity index (χ2v) is 5.69. The van der Waals surface area contributed by atoms with E-state index >= 15 is 0 Å². The molecule has 21 heavy (non-hydrogen) atoms. The van der Waals surface area contributed by atoms with Gasteiger partial charge in [-0.2, -0.15) is 0 Å². The molecule has 7 heteroatoms. The highest BCUT2D eigenvalue weighted by Gasteiger charge is 2.33. The number of likely N-dealkylation sites (tertiary alicyclic amines) is 1. The van der Waals surface area contributed by atoms with Gasteiger partial charge >= 0.3 is 5.97 Å². The van der Waals surface area contributed by atoms with Crippen molar-refractivity contribution in [2.24, 2.45) is 0 Å². The standard InChI is InChI=1S/C14H15BrN2O4/c15-10-5-3-9(4-6-10)13(19)16-8-12(18)17-7-1-2-11(17)14(20)21/h3-6,11H,1-2,7-8H2,(H,16,19)(H,20,21)/t11-/m1/s1. The van der Waals surface area contributed by atoms with Gasteiger partial charge in [0.25, 0.3) is 5.91 Å². The van der Waals surface area contributed by atoms with Crippen LogP contribution in [0.5, 0.6) is 0 Å². The third-order valence-electron chi connectivity index (χ3n) is 3.36. The van der Waals surface area contributed by atoms with Gasteiger partial charge in [-0.15, -0.1) is 0 Å². The topological polar surface area (TPSA) is 86.7 Å². The molecule has 1 aromatic rings. The number of halogens is 1. The number of carboxylic acid groups (broad SMARTS) is 1. The van der Waals surface area contributed by atoms with Crippen LogP contribution in [0.1, 0.15) is 23.2 Å². The van der Waals surface area contributed by atoms with Crippen molar-refractivity contribution in [1.82, 2.24) is 10.2 Å². The quantitative estimate of drug-likeness (QED) is 0.851. The smallest absolute Gasteiger partial charge is 0.326 e. The molecule has 1 aliphatic rings. The number of carboxylic acids is 1. The van der Waals surface area contributed by atoms with E-state index in [1.54, 1.807) is 24.3 Å². The van der Waals surface area contributed by atoms with Crippen LogP contribution in [0.2, 0.25) is 0 Å². The van der Waals surface area contributed by atoms with E-state index < -0.39 is 12.0 Å². The van der Waals surface area contributed by atoms with Gasteiger partial charge in [0.2, 0.25) is 5.91 Å². The zero-order chi connectivity index (χ0) is 15.4. The second kappa shape index (κ2) is 6.71. The molecule has 2 amide bonds. The molecule has 0 unspecified atom stereocenters. The number of amides is 2. The summed E-state index contributed by atoms with van der Waals surface area (Å²) in [5.74, 6) is -1.73. The van der Waals surface area contributed by atoms with Gasteiger partial charge in [-0.25, -0.2) is 4.79 Å². The highest BCUT2D eigenvalue weighted by Crippen LogP contribution is 2.17. The fourth-order valence-electron chi connectivity index (χ4n) is 2.28. The van der Waals surface area contributed by atoms with Gasteiger partial charge in [0.05, 0.1) is 6.54 Å². The molecule has 112 valence electrons. The van der Waals surface area contributed by atoms with Gasteiger partial charge in [-0.3, -0.25) is 9.59 Å². The summed E-state index contributed by atoms with van der Waals surface area (Å²) >= 11 is 3.27. The first kappa shape index (κ1) is 15.5. The Morgan fingerprint density at radius 2 is 1.95 bits per heavy atom. The minimum Gasteiger partial charge on any atom is -0.480 e.